The second-order valence-corrected chi connectivity index (χ2v) is 7.97. The summed E-state index contributed by atoms with van der Waals surface area (Å²) in [5.74, 6) is -0.310. The van der Waals surface area contributed by atoms with Gasteiger partial charge < -0.3 is 9.73 Å². The minimum absolute atomic E-state index is 0.394. The van der Waals surface area contributed by atoms with Crippen molar-refractivity contribution in [1.82, 2.24) is 15.2 Å². The van der Waals surface area contributed by atoms with Crippen LogP contribution >= 0.6 is 11.6 Å². The van der Waals surface area contributed by atoms with Crippen molar-refractivity contribution in [3.05, 3.63) is 59.0 Å². The van der Waals surface area contributed by atoms with Gasteiger partial charge in [-0.05, 0) is 43.2 Å². The van der Waals surface area contributed by atoms with Gasteiger partial charge in [0.25, 0.3) is 11.8 Å². The van der Waals surface area contributed by atoms with Gasteiger partial charge in [0.05, 0.1) is 12.0 Å². The van der Waals surface area contributed by atoms with Crippen LogP contribution in [0.4, 0.5) is 4.79 Å². The highest BCUT2D eigenvalue weighted by molar-refractivity contribution is 6.30. The van der Waals surface area contributed by atoms with E-state index in [4.69, 9.17) is 16.0 Å². The fraction of sp³-hybridized carbons (Fsp3) is 0.333. The Hall–Kier alpha value is -3.13. The molecule has 156 valence electrons. The molecule has 0 aliphatic carbocycles. The predicted molar refractivity (Wildman–Crippen MR) is 110 cm³/mol. The summed E-state index contributed by atoms with van der Waals surface area (Å²) in [5, 5.41) is 9.05. The van der Waals surface area contributed by atoms with Crippen LogP contribution in [0.5, 0.6) is 0 Å². The minimum atomic E-state index is -0.999. The van der Waals surface area contributed by atoms with Crippen molar-refractivity contribution in [2.75, 3.05) is 6.54 Å². The number of nitrogens with zero attached hydrogens (tertiary/aromatic N) is 3. The Bertz CT molecular complexity index is 1020. The van der Waals surface area contributed by atoms with Gasteiger partial charge in [0.15, 0.2) is 0 Å². The predicted octanol–water partition coefficient (Wildman–Crippen LogP) is 3.33. The Kier molecular flexibility index (Phi) is 5.11. The molecule has 2 aromatic rings. The van der Waals surface area contributed by atoms with Crippen LogP contribution in [-0.4, -0.2) is 45.5 Å². The quantitative estimate of drug-likeness (QED) is 0.739. The number of amides is 4. The highest BCUT2D eigenvalue weighted by Gasteiger charge is 2.48. The number of hydrogen-bond acceptors (Lipinski definition) is 5. The molecule has 0 spiro atoms. The maximum Gasteiger partial charge on any atom is 0.325 e. The van der Waals surface area contributed by atoms with E-state index in [9.17, 15) is 14.4 Å². The zero-order valence-electron chi connectivity index (χ0n) is 16.6. The molecule has 4 amide bonds. The van der Waals surface area contributed by atoms with Gasteiger partial charge in [-0.2, -0.15) is 5.10 Å². The first-order valence-electron chi connectivity index (χ1n) is 9.65. The Morgan fingerprint density at radius 1 is 1.30 bits per heavy atom. The second-order valence-electron chi connectivity index (χ2n) is 7.53. The van der Waals surface area contributed by atoms with Gasteiger partial charge in [-0.25, -0.2) is 9.80 Å². The summed E-state index contributed by atoms with van der Waals surface area (Å²) < 4.78 is 5.52. The van der Waals surface area contributed by atoms with Gasteiger partial charge in [-0.1, -0.05) is 30.7 Å². The van der Waals surface area contributed by atoms with Crippen molar-refractivity contribution >= 4 is 35.2 Å². The van der Waals surface area contributed by atoms with Crippen LogP contribution in [0.2, 0.25) is 5.02 Å². The number of rotatable bonds is 5. The van der Waals surface area contributed by atoms with E-state index >= 15 is 0 Å². The monoisotopic (exact) mass is 428 g/mol. The molecule has 1 aromatic carbocycles. The fourth-order valence-corrected chi connectivity index (χ4v) is 3.72. The van der Waals surface area contributed by atoms with Crippen molar-refractivity contribution in [3.8, 4) is 0 Å². The highest BCUT2D eigenvalue weighted by Crippen LogP contribution is 2.33. The van der Waals surface area contributed by atoms with Crippen molar-refractivity contribution in [1.29, 1.82) is 0 Å². The van der Waals surface area contributed by atoms with Crippen molar-refractivity contribution in [2.45, 2.75) is 38.3 Å². The maximum atomic E-state index is 13.1. The first-order valence-corrected chi connectivity index (χ1v) is 10.0. The minimum Gasteiger partial charge on any atom is -0.467 e. The standard InChI is InChI=1S/C21H21ClN4O4/c1-3-21(2)19(28)25(20(29)23-21)12-18(27)26-16(17-5-4-10-30-17)11-15(24-26)13-6-8-14(22)9-7-13/h4-10,16H,3,11-12H2,1-2H3,(H,23,29). The molecule has 2 aliphatic heterocycles. The van der Waals surface area contributed by atoms with Crippen LogP contribution in [0.15, 0.2) is 52.2 Å². The summed E-state index contributed by atoms with van der Waals surface area (Å²) in [6, 6.07) is 9.65. The van der Waals surface area contributed by atoms with Gasteiger partial charge in [0.2, 0.25) is 0 Å². The first-order chi connectivity index (χ1) is 14.3. The lowest BCUT2D eigenvalue weighted by Crippen LogP contribution is -2.44. The van der Waals surface area contributed by atoms with Crippen molar-refractivity contribution in [2.24, 2.45) is 5.10 Å². The van der Waals surface area contributed by atoms with E-state index < -0.39 is 36.0 Å². The number of benzene rings is 1. The third-order valence-electron chi connectivity index (χ3n) is 5.56. The van der Waals surface area contributed by atoms with Crippen molar-refractivity contribution < 1.29 is 18.8 Å². The average Bonchev–Trinajstić information content (AvgIpc) is 3.44. The fourth-order valence-electron chi connectivity index (χ4n) is 3.60. The molecule has 8 nitrogen and oxygen atoms in total. The van der Waals surface area contributed by atoms with E-state index in [1.165, 1.54) is 11.3 Å². The second kappa shape index (κ2) is 7.60. The van der Waals surface area contributed by atoms with Crippen LogP contribution in [0.3, 0.4) is 0 Å². The van der Waals surface area contributed by atoms with E-state index in [1.807, 2.05) is 12.1 Å². The summed E-state index contributed by atoms with van der Waals surface area (Å²) in [5.41, 5.74) is 0.525. The molecule has 4 rings (SSSR count). The molecule has 1 N–H and O–H groups in total. The Labute approximate surface area is 178 Å². The molecule has 1 aromatic heterocycles. The summed E-state index contributed by atoms with van der Waals surface area (Å²) in [6.07, 6.45) is 2.40. The summed E-state index contributed by atoms with van der Waals surface area (Å²) in [6.45, 7) is 3.06. The van der Waals surface area contributed by atoms with E-state index in [-0.39, 0.29) is 0 Å². The van der Waals surface area contributed by atoms with Gasteiger partial charge in [-0.3, -0.25) is 14.5 Å². The number of carbonyl (C=O) groups excluding carboxylic acids is 3. The summed E-state index contributed by atoms with van der Waals surface area (Å²) in [7, 11) is 0. The zero-order chi connectivity index (χ0) is 21.5. The molecule has 0 bridgehead atoms. The number of carbonyl (C=O) groups is 3. The van der Waals surface area contributed by atoms with Crippen LogP contribution in [0.25, 0.3) is 0 Å². The maximum absolute atomic E-state index is 13.1. The highest BCUT2D eigenvalue weighted by atomic mass is 35.5. The molecule has 1 fully saturated rings. The molecule has 1 saturated heterocycles. The topological polar surface area (TPSA) is 95.2 Å². The Morgan fingerprint density at radius 3 is 2.63 bits per heavy atom. The molecular weight excluding hydrogens is 408 g/mol. The van der Waals surface area contributed by atoms with E-state index in [0.717, 1.165) is 10.5 Å². The first kappa shape index (κ1) is 20.2. The van der Waals surface area contributed by atoms with Crippen LogP contribution in [0, 0.1) is 0 Å². The lowest BCUT2D eigenvalue weighted by molar-refractivity contribution is -0.140. The lowest BCUT2D eigenvalue weighted by Gasteiger charge is -2.23. The van der Waals surface area contributed by atoms with Crippen LogP contribution in [0.1, 0.15) is 44.1 Å². The number of urea groups is 1. The molecule has 9 heteroatoms. The summed E-state index contributed by atoms with van der Waals surface area (Å²) >= 11 is 5.97. The van der Waals surface area contributed by atoms with Crippen LogP contribution in [-0.2, 0) is 9.59 Å². The van der Waals surface area contributed by atoms with Gasteiger partial charge in [0.1, 0.15) is 23.9 Å². The zero-order valence-corrected chi connectivity index (χ0v) is 17.3. The molecule has 3 heterocycles. The van der Waals surface area contributed by atoms with E-state index in [2.05, 4.69) is 10.4 Å². The number of imide groups is 1. The third kappa shape index (κ3) is 3.47. The molecule has 2 unspecified atom stereocenters. The van der Waals surface area contributed by atoms with Gasteiger partial charge >= 0.3 is 6.03 Å². The normalized spacial score (nSPS) is 23.7. The number of nitrogens with one attached hydrogen (secondary N) is 1. The molecule has 2 atom stereocenters. The van der Waals surface area contributed by atoms with E-state index in [1.54, 1.807) is 38.1 Å². The number of hydrogen-bond donors (Lipinski definition) is 1. The number of halogens is 1. The largest absolute Gasteiger partial charge is 0.467 e. The number of furan rings is 1. The van der Waals surface area contributed by atoms with Gasteiger partial charge in [-0.15, -0.1) is 0 Å². The lowest BCUT2D eigenvalue weighted by atomic mass is 9.99. The van der Waals surface area contributed by atoms with Gasteiger partial charge in [0, 0.05) is 11.4 Å². The molecular formula is C21H21ClN4O4. The molecule has 2 aliphatic rings. The smallest absolute Gasteiger partial charge is 0.325 e. The molecule has 0 radical (unpaired) electrons. The molecule has 0 saturated carbocycles. The van der Waals surface area contributed by atoms with E-state index in [0.29, 0.717) is 29.3 Å². The Morgan fingerprint density at radius 2 is 2.03 bits per heavy atom. The number of hydrazone groups is 1. The average molecular weight is 429 g/mol. The Balaban J connectivity index is 1.60. The third-order valence-corrected chi connectivity index (χ3v) is 5.81. The molecule has 30 heavy (non-hydrogen) atoms. The van der Waals surface area contributed by atoms with Crippen LogP contribution < -0.4 is 5.32 Å². The SMILES string of the molecule is CCC1(C)NC(=O)N(CC(=O)N2N=C(c3ccc(Cl)cc3)CC2c2ccco2)C1=O. The summed E-state index contributed by atoms with van der Waals surface area (Å²) in [4.78, 5) is 39.0. The van der Waals surface area contributed by atoms with Crippen molar-refractivity contribution in [3.63, 3.8) is 0 Å².